The monoisotopic (exact) mass is 726 g/mol. The molecule has 270 valence electrons. The third-order valence-corrected chi connectivity index (χ3v) is 5.32. The van der Waals surface area contributed by atoms with Crippen LogP contribution >= 0.6 is 0 Å². The van der Waals surface area contributed by atoms with Crippen molar-refractivity contribution in [2.45, 2.75) is 68.4 Å². The molecule has 1 aromatic carbocycles. The number of ether oxygens (including phenoxy) is 3. The first-order chi connectivity index (χ1) is 21.1. The molecule has 0 saturated heterocycles. The molecule has 47 heavy (non-hydrogen) atoms. The van der Waals surface area contributed by atoms with Crippen molar-refractivity contribution in [3.05, 3.63) is 30.0 Å². The second-order valence-corrected chi connectivity index (χ2v) is 8.86. The Labute approximate surface area is 251 Å². The number of hydrogen-bond donors (Lipinski definition) is 2. The standard InChI is InChI=1S/C23H19F17N2O5/c1-3-7-45-15(43)41-11-6-5-10(9-12(11)42-16(44)46-8-4-2)47-14(25)13(24)17(26,27)18(28,29)19(30,31)20(32,33)21(34,35)22(36,37)23(38,39)40/h5-6,9H,3-4,7-8H2,1-2H3,(H,41,43)(H,42,44). The van der Waals surface area contributed by atoms with Gasteiger partial charge in [0.1, 0.15) is 5.75 Å². The first-order valence-corrected chi connectivity index (χ1v) is 12.2. The van der Waals surface area contributed by atoms with Crippen LogP contribution in [0.5, 0.6) is 5.75 Å². The first-order valence-electron chi connectivity index (χ1n) is 12.2. The maximum Gasteiger partial charge on any atom is 0.460 e. The average molecular weight is 726 g/mol. The van der Waals surface area contributed by atoms with Crippen LogP contribution in [0.4, 0.5) is 95.6 Å². The lowest BCUT2D eigenvalue weighted by atomic mass is 9.91. The van der Waals surface area contributed by atoms with Crippen LogP contribution in [0.15, 0.2) is 30.0 Å². The SMILES string of the molecule is CCCOC(=O)Nc1ccc(OC(F)=C(F)C(F)(F)C(F)(F)C(F)(F)C(F)(F)C(F)(F)C(F)(F)C(F)(F)F)cc1NC(=O)OCCC. The van der Waals surface area contributed by atoms with Crippen LogP contribution in [0.2, 0.25) is 0 Å². The van der Waals surface area contributed by atoms with Crippen LogP contribution in [-0.2, 0) is 9.47 Å². The molecule has 2 N–H and O–H groups in total. The summed E-state index contributed by atoms with van der Waals surface area (Å²) in [5, 5.41) is 3.86. The van der Waals surface area contributed by atoms with E-state index in [1.807, 2.05) is 10.6 Å². The normalized spacial score (nSPS) is 14.3. The van der Waals surface area contributed by atoms with Gasteiger partial charge in [0.05, 0.1) is 24.6 Å². The third-order valence-electron chi connectivity index (χ3n) is 5.32. The summed E-state index contributed by atoms with van der Waals surface area (Å²) in [5.74, 6) is -56.3. The highest BCUT2D eigenvalue weighted by molar-refractivity contribution is 5.95. The zero-order valence-corrected chi connectivity index (χ0v) is 23.0. The molecule has 0 aliphatic heterocycles. The number of anilines is 2. The number of amides is 2. The fourth-order valence-corrected chi connectivity index (χ4v) is 2.86. The molecule has 0 spiro atoms. The molecule has 1 aromatic rings. The van der Waals surface area contributed by atoms with E-state index in [-0.39, 0.29) is 19.6 Å². The molecule has 0 atom stereocenters. The molecule has 0 fully saturated rings. The Balaban J connectivity index is 3.59. The second kappa shape index (κ2) is 14.1. The number of carbonyl (C=O) groups is 2. The Kier molecular flexibility index (Phi) is 12.3. The molecule has 2 amide bonds. The van der Waals surface area contributed by atoms with E-state index in [4.69, 9.17) is 0 Å². The lowest BCUT2D eigenvalue weighted by Crippen LogP contribution is -2.72. The minimum Gasteiger partial charge on any atom is -0.449 e. The molecule has 0 radical (unpaired) electrons. The molecule has 24 heteroatoms. The Morgan fingerprint density at radius 1 is 0.617 bits per heavy atom. The van der Waals surface area contributed by atoms with E-state index < -0.39 is 82.9 Å². The molecule has 1 rings (SSSR count). The van der Waals surface area contributed by atoms with Gasteiger partial charge in [-0.2, -0.15) is 74.6 Å². The van der Waals surface area contributed by atoms with E-state index in [1.54, 1.807) is 6.92 Å². The summed E-state index contributed by atoms with van der Waals surface area (Å²) in [4.78, 5) is 23.7. The number of rotatable bonds is 14. The van der Waals surface area contributed by atoms with E-state index >= 15 is 0 Å². The van der Waals surface area contributed by atoms with Gasteiger partial charge in [0.25, 0.3) is 0 Å². The van der Waals surface area contributed by atoms with Gasteiger partial charge in [-0.05, 0) is 25.0 Å². The van der Waals surface area contributed by atoms with E-state index in [9.17, 15) is 84.2 Å². The van der Waals surface area contributed by atoms with Gasteiger partial charge in [-0.3, -0.25) is 10.6 Å². The van der Waals surface area contributed by atoms with Crippen molar-refractivity contribution >= 4 is 23.6 Å². The summed E-state index contributed by atoms with van der Waals surface area (Å²) in [6.07, 6.45) is -9.84. The van der Waals surface area contributed by atoms with Crippen LogP contribution in [0.25, 0.3) is 0 Å². The average Bonchev–Trinajstić information content (AvgIpc) is 2.94. The Morgan fingerprint density at radius 3 is 1.45 bits per heavy atom. The summed E-state index contributed by atoms with van der Waals surface area (Å²) in [6.45, 7) is 2.71. The van der Waals surface area contributed by atoms with Crippen molar-refractivity contribution in [1.82, 2.24) is 0 Å². The van der Waals surface area contributed by atoms with Crippen LogP contribution < -0.4 is 15.4 Å². The zero-order valence-electron chi connectivity index (χ0n) is 23.0. The zero-order chi connectivity index (χ0) is 37.0. The van der Waals surface area contributed by atoms with Gasteiger partial charge in [-0.15, -0.1) is 0 Å². The largest absolute Gasteiger partial charge is 0.460 e. The summed E-state index contributed by atoms with van der Waals surface area (Å²) in [6, 6.07) is -2.42. The summed E-state index contributed by atoms with van der Waals surface area (Å²) in [7, 11) is 0. The predicted octanol–water partition coefficient (Wildman–Crippen LogP) is 9.46. The topological polar surface area (TPSA) is 85.9 Å². The molecule has 0 aliphatic rings. The molecular formula is C23H19F17N2O5. The fourth-order valence-electron chi connectivity index (χ4n) is 2.86. The highest BCUT2D eigenvalue weighted by Gasteiger charge is 2.93. The number of carbonyl (C=O) groups excluding carboxylic acids is 2. The van der Waals surface area contributed by atoms with Gasteiger partial charge in [0.15, 0.2) is 0 Å². The second-order valence-electron chi connectivity index (χ2n) is 8.86. The number of hydrogen-bond acceptors (Lipinski definition) is 5. The smallest absolute Gasteiger partial charge is 0.449 e. The van der Waals surface area contributed by atoms with Gasteiger partial charge < -0.3 is 14.2 Å². The highest BCUT2D eigenvalue weighted by atomic mass is 19.4. The van der Waals surface area contributed by atoms with Crippen molar-refractivity contribution in [2.24, 2.45) is 0 Å². The molecule has 0 saturated carbocycles. The van der Waals surface area contributed by atoms with Crippen molar-refractivity contribution < 1.29 is 98.4 Å². The molecule has 0 unspecified atom stereocenters. The van der Waals surface area contributed by atoms with E-state index in [0.29, 0.717) is 24.6 Å². The summed E-state index contributed by atoms with van der Waals surface area (Å²) < 4.78 is 241. The lowest BCUT2D eigenvalue weighted by Gasteiger charge is -2.41. The van der Waals surface area contributed by atoms with Crippen LogP contribution in [0.1, 0.15) is 26.7 Å². The maximum atomic E-state index is 14.2. The summed E-state index contributed by atoms with van der Waals surface area (Å²) in [5.41, 5.74) is -1.23. The van der Waals surface area contributed by atoms with Crippen LogP contribution in [-0.4, -0.2) is 67.1 Å². The maximum absolute atomic E-state index is 14.2. The number of halogens is 17. The molecule has 0 heterocycles. The molecule has 7 nitrogen and oxygen atoms in total. The summed E-state index contributed by atoms with van der Waals surface area (Å²) >= 11 is 0. The van der Waals surface area contributed by atoms with E-state index in [2.05, 4.69) is 14.2 Å². The van der Waals surface area contributed by atoms with Crippen molar-refractivity contribution in [3.63, 3.8) is 0 Å². The molecule has 0 bridgehead atoms. The van der Waals surface area contributed by atoms with E-state index in [1.165, 1.54) is 6.92 Å². The van der Waals surface area contributed by atoms with Crippen molar-refractivity contribution in [2.75, 3.05) is 23.8 Å². The minimum absolute atomic E-state index is 0.157. The van der Waals surface area contributed by atoms with Gasteiger partial charge in [0, 0.05) is 6.07 Å². The van der Waals surface area contributed by atoms with E-state index in [0.717, 1.165) is 0 Å². The quantitative estimate of drug-likeness (QED) is 0.147. The molecular weight excluding hydrogens is 707 g/mol. The number of benzene rings is 1. The van der Waals surface area contributed by atoms with Crippen LogP contribution in [0.3, 0.4) is 0 Å². The third kappa shape index (κ3) is 7.81. The number of alkyl halides is 15. The first kappa shape index (κ1) is 41.1. The highest BCUT2D eigenvalue weighted by Crippen LogP contribution is 2.63. The Hall–Kier alpha value is -3.89. The predicted molar refractivity (Wildman–Crippen MR) is 123 cm³/mol. The fraction of sp³-hybridized carbons (Fsp3) is 0.565. The number of allylic oxidation sites excluding steroid dienone is 1. The van der Waals surface area contributed by atoms with Gasteiger partial charge in [-0.25, -0.2) is 9.59 Å². The molecule has 0 aromatic heterocycles. The van der Waals surface area contributed by atoms with Crippen molar-refractivity contribution in [1.29, 1.82) is 0 Å². The van der Waals surface area contributed by atoms with Gasteiger partial charge in [0.2, 0.25) is 5.83 Å². The Bertz CT molecular complexity index is 1320. The van der Waals surface area contributed by atoms with Gasteiger partial charge >= 0.3 is 59.9 Å². The van der Waals surface area contributed by atoms with Gasteiger partial charge in [-0.1, -0.05) is 13.8 Å². The molecule has 0 aliphatic carbocycles. The van der Waals surface area contributed by atoms with Crippen LogP contribution in [0, 0.1) is 0 Å². The van der Waals surface area contributed by atoms with Crippen molar-refractivity contribution in [3.8, 4) is 5.75 Å². The number of nitrogens with one attached hydrogen (secondary N) is 2. The minimum atomic E-state index is -8.72. The Morgan fingerprint density at radius 2 is 1.02 bits per heavy atom. The lowest BCUT2D eigenvalue weighted by molar-refractivity contribution is -0.451.